The van der Waals surface area contributed by atoms with Gasteiger partial charge in [0.05, 0.1) is 37.1 Å². The lowest BCUT2D eigenvalue weighted by Gasteiger charge is -2.31. The number of aromatic nitrogens is 2. The number of benzene rings is 1. The fourth-order valence-corrected chi connectivity index (χ4v) is 7.03. The molecule has 0 saturated carbocycles. The molecule has 8 heteroatoms. The number of carbonyl (C=O) groups excluding carboxylic acids is 1. The molecule has 2 aliphatic rings. The van der Waals surface area contributed by atoms with Crippen LogP contribution in [0.25, 0.3) is 22.3 Å². The molecular formula is C23H23FN2O4Si. The van der Waals surface area contributed by atoms with E-state index < -0.39 is 19.6 Å². The number of aliphatic hydroxyl groups is 1. The number of ether oxygens (including phenoxy) is 1. The third-order valence-corrected chi connectivity index (χ3v) is 8.47. The zero-order valence-corrected chi connectivity index (χ0v) is 18.9. The first-order valence-corrected chi connectivity index (χ1v) is 13.9. The summed E-state index contributed by atoms with van der Waals surface area (Å²) in [7, 11) is -1.91. The maximum absolute atomic E-state index is 14.0. The molecule has 0 fully saturated rings. The molecule has 4 heterocycles. The van der Waals surface area contributed by atoms with E-state index in [4.69, 9.17) is 9.72 Å². The lowest BCUT2D eigenvalue weighted by molar-refractivity contribution is -0.172. The Morgan fingerprint density at radius 1 is 1.23 bits per heavy atom. The van der Waals surface area contributed by atoms with Gasteiger partial charge in [0.25, 0.3) is 5.56 Å². The lowest BCUT2D eigenvalue weighted by Crippen LogP contribution is -2.44. The van der Waals surface area contributed by atoms with E-state index >= 15 is 0 Å². The van der Waals surface area contributed by atoms with Crippen molar-refractivity contribution in [1.82, 2.24) is 9.55 Å². The van der Waals surface area contributed by atoms with Crippen molar-refractivity contribution in [1.29, 1.82) is 0 Å². The molecule has 0 bridgehead atoms. The second-order valence-electron chi connectivity index (χ2n) is 9.33. The van der Waals surface area contributed by atoms with Gasteiger partial charge in [-0.2, -0.15) is 0 Å². The van der Waals surface area contributed by atoms with Gasteiger partial charge in [-0.25, -0.2) is 14.2 Å². The van der Waals surface area contributed by atoms with Crippen LogP contribution in [-0.2, 0) is 28.3 Å². The number of esters is 1. The summed E-state index contributed by atoms with van der Waals surface area (Å²) in [4.78, 5) is 30.4. The monoisotopic (exact) mass is 438 g/mol. The number of cyclic esters (lactones) is 1. The number of carbonyl (C=O) groups is 1. The molecule has 0 radical (unpaired) electrons. The van der Waals surface area contributed by atoms with Gasteiger partial charge in [-0.15, -0.1) is 0 Å². The average molecular weight is 439 g/mol. The maximum atomic E-state index is 14.0. The minimum atomic E-state index is -1.91. The number of pyridine rings is 2. The van der Waals surface area contributed by atoms with Gasteiger partial charge in [-0.3, -0.25) is 4.79 Å². The van der Waals surface area contributed by atoms with Crippen LogP contribution in [-0.4, -0.2) is 28.7 Å². The molecule has 0 saturated heterocycles. The van der Waals surface area contributed by atoms with Crippen LogP contribution in [0.15, 0.2) is 29.1 Å². The van der Waals surface area contributed by atoms with Crippen molar-refractivity contribution in [3.05, 3.63) is 57.1 Å². The molecule has 2 aromatic heterocycles. The summed E-state index contributed by atoms with van der Waals surface area (Å²) in [6.45, 7) is 8.51. The van der Waals surface area contributed by atoms with Gasteiger partial charge in [0.1, 0.15) is 12.4 Å². The van der Waals surface area contributed by atoms with Crippen LogP contribution in [0, 0.1) is 5.82 Å². The number of nitrogens with zero attached hydrogens (tertiary/aromatic N) is 2. The van der Waals surface area contributed by atoms with E-state index in [9.17, 15) is 19.1 Å². The van der Waals surface area contributed by atoms with Gasteiger partial charge in [0, 0.05) is 11.6 Å². The van der Waals surface area contributed by atoms with Gasteiger partial charge in [-0.1, -0.05) is 32.6 Å². The van der Waals surface area contributed by atoms with Crippen LogP contribution >= 0.6 is 0 Å². The Balaban J connectivity index is 1.88. The van der Waals surface area contributed by atoms with Crippen molar-refractivity contribution < 1.29 is 19.0 Å². The quantitative estimate of drug-likeness (QED) is 0.385. The third kappa shape index (κ3) is 2.67. The average Bonchev–Trinajstić information content (AvgIpc) is 3.06. The van der Waals surface area contributed by atoms with Crippen LogP contribution in [0.1, 0.15) is 30.0 Å². The van der Waals surface area contributed by atoms with E-state index in [1.54, 1.807) is 23.6 Å². The fourth-order valence-electron chi connectivity index (χ4n) is 4.91. The minimum Gasteiger partial charge on any atom is -0.458 e. The summed E-state index contributed by atoms with van der Waals surface area (Å²) >= 11 is 0. The van der Waals surface area contributed by atoms with E-state index in [0.29, 0.717) is 29.0 Å². The molecule has 5 rings (SSSR count). The highest BCUT2D eigenvalue weighted by molar-refractivity contribution is 6.90. The number of hydrogen-bond acceptors (Lipinski definition) is 5. The Morgan fingerprint density at radius 3 is 2.65 bits per heavy atom. The van der Waals surface area contributed by atoms with Crippen molar-refractivity contribution >= 4 is 30.1 Å². The largest absolute Gasteiger partial charge is 0.458 e. The first-order valence-electron chi connectivity index (χ1n) is 10.4. The predicted octanol–water partition coefficient (Wildman–Crippen LogP) is 2.76. The molecule has 31 heavy (non-hydrogen) atoms. The Kier molecular flexibility index (Phi) is 4.10. The molecule has 0 spiro atoms. The van der Waals surface area contributed by atoms with Crippen LogP contribution < -0.4 is 10.7 Å². The smallest absolute Gasteiger partial charge is 0.343 e. The summed E-state index contributed by atoms with van der Waals surface area (Å²) in [5.41, 5.74) is 1.09. The van der Waals surface area contributed by atoms with Gasteiger partial charge in [-0.05, 0) is 34.7 Å². The predicted molar refractivity (Wildman–Crippen MR) is 117 cm³/mol. The number of halogens is 1. The number of fused-ring (bicyclic) bond motifs is 5. The molecule has 0 aliphatic carbocycles. The van der Waals surface area contributed by atoms with Crippen molar-refractivity contribution in [2.75, 3.05) is 0 Å². The molecule has 2 aliphatic heterocycles. The molecule has 0 amide bonds. The first kappa shape index (κ1) is 20.1. The minimum absolute atomic E-state index is 0.0884. The van der Waals surface area contributed by atoms with Gasteiger partial charge in [0.2, 0.25) is 0 Å². The Morgan fingerprint density at radius 2 is 1.97 bits per heavy atom. The molecule has 6 nitrogen and oxygen atoms in total. The zero-order valence-electron chi connectivity index (χ0n) is 17.9. The van der Waals surface area contributed by atoms with E-state index in [-0.39, 0.29) is 30.0 Å². The van der Waals surface area contributed by atoms with E-state index in [2.05, 4.69) is 19.6 Å². The summed E-state index contributed by atoms with van der Waals surface area (Å²) in [5, 5.41) is 13.1. The maximum Gasteiger partial charge on any atom is 0.343 e. The topological polar surface area (TPSA) is 81.4 Å². The third-order valence-electron chi connectivity index (χ3n) is 6.40. The molecular weight excluding hydrogens is 415 g/mol. The highest BCUT2D eigenvalue weighted by Crippen LogP contribution is 2.38. The standard InChI is InChI=1S/C23H23FN2O4Si/c1-5-23(29)16-9-18-19-14(10-26(18)21(27)15(16)11-30-22(23)28)20(31(2,3)4)13-7-6-12(24)8-17(13)25-19/h6-9,29H,5,10-11H2,1-4H3/t23-/m1/s1. The second kappa shape index (κ2) is 6.33. The Bertz CT molecular complexity index is 1360. The van der Waals surface area contributed by atoms with Crippen molar-refractivity contribution in [2.24, 2.45) is 0 Å². The SMILES string of the molecule is CC[C@]1(O)C(=O)OCc2c1cc1n(c2=O)Cc2c-1nc1cc(F)ccc1c2[Si](C)(C)C. The van der Waals surface area contributed by atoms with Crippen LogP contribution in [0.2, 0.25) is 19.6 Å². The fraction of sp³-hybridized carbons (Fsp3) is 0.348. The Labute approximate surface area is 179 Å². The van der Waals surface area contributed by atoms with Crippen molar-refractivity contribution in [3.8, 4) is 11.4 Å². The summed E-state index contributed by atoms with van der Waals surface area (Å²) in [5.74, 6) is -1.12. The molecule has 1 atom stereocenters. The molecule has 0 unspecified atom stereocenters. The van der Waals surface area contributed by atoms with Gasteiger partial charge >= 0.3 is 5.97 Å². The summed E-state index contributed by atoms with van der Waals surface area (Å²) < 4.78 is 20.8. The first-order chi connectivity index (χ1) is 14.6. The van der Waals surface area contributed by atoms with Crippen molar-refractivity contribution in [3.63, 3.8) is 0 Å². The molecule has 160 valence electrons. The Hall–Kier alpha value is -2.84. The van der Waals surface area contributed by atoms with Gasteiger partial charge < -0.3 is 14.4 Å². The second-order valence-corrected chi connectivity index (χ2v) is 14.3. The van der Waals surface area contributed by atoms with E-state index in [1.807, 2.05) is 0 Å². The highest BCUT2D eigenvalue weighted by atomic mass is 28.3. The summed E-state index contributed by atoms with van der Waals surface area (Å²) in [6.07, 6.45) is 0.0884. The molecule has 1 N–H and O–H groups in total. The highest BCUT2D eigenvalue weighted by Gasteiger charge is 2.45. The molecule has 1 aromatic carbocycles. The van der Waals surface area contributed by atoms with E-state index in [1.165, 1.54) is 12.1 Å². The normalized spacial score (nSPS) is 19.7. The van der Waals surface area contributed by atoms with Crippen LogP contribution in [0.5, 0.6) is 0 Å². The number of rotatable bonds is 2. The van der Waals surface area contributed by atoms with Crippen LogP contribution in [0.3, 0.4) is 0 Å². The van der Waals surface area contributed by atoms with Gasteiger partial charge in [0.15, 0.2) is 5.60 Å². The lowest BCUT2D eigenvalue weighted by atomic mass is 9.86. The van der Waals surface area contributed by atoms with E-state index in [0.717, 1.165) is 16.1 Å². The van der Waals surface area contributed by atoms with Crippen molar-refractivity contribution in [2.45, 2.75) is 51.7 Å². The molecule has 3 aromatic rings. The number of hydrogen-bond donors (Lipinski definition) is 1. The zero-order chi connectivity index (χ0) is 22.3. The summed E-state index contributed by atoms with van der Waals surface area (Å²) in [6, 6.07) is 6.32. The van der Waals surface area contributed by atoms with Crippen LogP contribution in [0.4, 0.5) is 4.39 Å².